The molecule has 1 aromatic carbocycles. The molecule has 0 aliphatic carbocycles. The van der Waals surface area contributed by atoms with Gasteiger partial charge in [0.05, 0.1) is 6.54 Å². The lowest BCUT2D eigenvalue weighted by molar-refractivity contribution is 0.0951. The molecule has 2 aromatic rings. The lowest BCUT2D eigenvalue weighted by Crippen LogP contribution is -2.31. The summed E-state index contributed by atoms with van der Waals surface area (Å²) in [4.78, 5) is 13.1. The number of thiophene rings is 1. The second-order valence-corrected chi connectivity index (χ2v) is 9.92. The number of hydrogen-bond acceptors (Lipinski definition) is 4. The van der Waals surface area contributed by atoms with E-state index in [1.807, 2.05) is 25.1 Å². The first-order valence-corrected chi connectivity index (χ1v) is 11.2. The Morgan fingerprint density at radius 3 is 2.54 bits per heavy atom. The Labute approximate surface area is 159 Å². The maximum atomic E-state index is 12.8. The highest BCUT2D eigenvalue weighted by Crippen LogP contribution is 2.26. The summed E-state index contributed by atoms with van der Waals surface area (Å²) in [6.07, 6.45) is 4.02. The molecular weight excluding hydrogens is 368 g/mol. The summed E-state index contributed by atoms with van der Waals surface area (Å²) < 4.78 is 27.6. The molecule has 0 spiro atoms. The fraction of sp³-hybridized carbons (Fsp3) is 0.421. The second kappa shape index (κ2) is 8.33. The monoisotopic (exact) mass is 392 g/mol. The first-order chi connectivity index (χ1) is 12.5. The molecule has 0 bridgehead atoms. The van der Waals surface area contributed by atoms with Crippen LogP contribution in [0.25, 0.3) is 0 Å². The fourth-order valence-corrected chi connectivity index (χ4v) is 6.02. The number of nitrogens with one attached hydrogen (secondary N) is 1. The Kier molecular flexibility index (Phi) is 6.11. The van der Waals surface area contributed by atoms with Crippen LogP contribution < -0.4 is 5.32 Å². The molecule has 2 heterocycles. The van der Waals surface area contributed by atoms with Crippen LogP contribution in [0, 0.1) is 6.92 Å². The van der Waals surface area contributed by atoms with E-state index in [-0.39, 0.29) is 5.91 Å². The van der Waals surface area contributed by atoms with Crippen LogP contribution in [0.15, 0.2) is 40.6 Å². The average molecular weight is 393 g/mol. The van der Waals surface area contributed by atoms with E-state index in [0.717, 1.165) is 36.1 Å². The average Bonchev–Trinajstić information content (AvgIpc) is 2.93. The highest BCUT2D eigenvalue weighted by atomic mass is 32.2. The topological polar surface area (TPSA) is 66.5 Å². The maximum absolute atomic E-state index is 12.8. The molecule has 1 aliphatic rings. The predicted octanol–water partition coefficient (Wildman–Crippen LogP) is 3.55. The van der Waals surface area contributed by atoms with E-state index in [2.05, 4.69) is 5.32 Å². The van der Waals surface area contributed by atoms with Crippen LogP contribution in [0.4, 0.5) is 0 Å². The van der Waals surface area contributed by atoms with Crippen molar-refractivity contribution in [2.75, 3.05) is 13.1 Å². The molecule has 1 fully saturated rings. The van der Waals surface area contributed by atoms with Gasteiger partial charge in [-0.25, -0.2) is 8.42 Å². The molecule has 1 aliphatic heterocycles. The zero-order chi connectivity index (χ0) is 18.6. The largest absolute Gasteiger partial charge is 0.347 e. The third-order valence-corrected chi connectivity index (χ3v) is 7.95. The zero-order valence-corrected chi connectivity index (χ0v) is 16.5. The van der Waals surface area contributed by atoms with E-state index in [9.17, 15) is 13.2 Å². The first kappa shape index (κ1) is 19.1. The number of nitrogens with zero attached hydrogens (tertiary/aromatic N) is 1. The van der Waals surface area contributed by atoms with Gasteiger partial charge in [0, 0.05) is 23.5 Å². The minimum absolute atomic E-state index is 0.154. The molecule has 1 aromatic heterocycles. The van der Waals surface area contributed by atoms with E-state index >= 15 is 0 Å². The molecule has 5 nitrogen and oxygen atoms in total. The van der Waals surface area contributed by atoms with E-state index in [0.29, 0.717) is 29.4 Å². The van der Waals surface area contributed by atoms with Crippen molar-refractivity contribution in [2.24, 2.45) is 0 Å². The summed E-state index contributed by atoms with van der Waals surface area (Å²) in [6, 6.07) is 10.8. The van der Waals surface area contributed by atoms with E-state index < -0.39 is 10.0 Å². The molecule has 3 rings (SSSR count). The minimum atomic E-state index is -3.42. The summed E-state index contributed by atoms with van der Waals surface area (Å²) >= 11 is 1.24. The molecular formula is C19H24N2O3S2. The minimum Gasteiger partial charge on any atom is -0.347 e. The van der Waals surface area contributed by atoms with E-state index in [1.54, 1.807) is 22.5 Å². The van der Waals surface area contributed by atoms with Gasteiger partial charge in [0.1, 0.15) is 4.21 Å². The van der Waals surface area contributed by atoms with Crippen molar-refractivity contribution < 1.29 is 13.2 Å². The van der Waals surface area contributed by atoms with Gasteiger partial charge in [0.15, 0.2) is 0 Å². The highest BCUT2D eigenvalue weighted by Gasteiger charge is 2.26. The predicted molar refractivity (Wildman–Crippen MR) is 104 cm³/mol. The van der Waals surface area contributed by atoms with Crippen LogP contribution in [0.3, 0.4) is 0 Å². The van der Waals surface area contributed by atoms with Gasteiger partial charge in [-0.2, -0.15) is 4.31 Å². The summed E-state index contributed by atoms with van der Waals surface area (Å²) in [5.41, 5.74) is 1.64. The molecule has 0 unspecified atom stereocenters. The number of sulfonamides is 1. The third kappa shape index (κ3) is 4.52. The highest BCUT2D eigenvalue weighted by molar-refractivity contribution is 7.91. The normalized spacial score (nSPS) is 16.2. The molecule has 0 radical (unpaired) electrons. The van der Waals surface area contributed by atoms with Crippen LogP contribution in [0.1, 0.15) is 46.5 Å². The van der Waals surface area contributed by atoms with Gasteiger partial charge in [-0.1, -0.05) is 30.5 Å². The molecule has 140 valence electrons. The lowest BCUT2D eigenvalue weighted by Gasteiger charge is -2.18. The van der Waals surface area contributed by atoms with Crippen molar-refractivity contribution in [3.05, 3.63) is 52.4 Å². The first-order valence-electron chi connectivity index (χ1n) is 8.90. The number of benzene rings is 1. The van der Waals surface area contributed by atoms with Gasteiger partial charge >= 0.3 is 0 Å². The summed E-state index contributed by atoms with van der Waals surface area (Å²) in [5.74, 6) is -0.154. The Morgan fingerprint density at radius 2 is 1.85 bits per heavy atom. The number of amides is 1. The van der Waals surface area contributed by atoms with Gasteiger partial charge in [-0.3, -0.25) is 4.79 Å². The van der Waals surface area contributed by atoms with Crippen molar-refractivity contribution in [1.29, 1.82) is 0 Å². The van der Waals surface area contributed by atoms with Crippen molar-refractivity contribution in [2.45, 2.75) is 43.4 Å². The summed E-state index contributed by atoms with van der Waals surface area (Å²) in [6.45, 7) is 3.46. The summed E-state index contributed by atoms with van der Waals surface area (Å²) in [5, 5.41) is 2.86. The van der Waals surface area contributed by atoms with Crippen LogP contribution in [0.2, 0.25) is 0 Å². The van der Waals surface area contributed by atoms with Crippen LogP contribution in [-0.4, -0.2) is 31.7 Å². The van der Waals surface area contributed by atoms with Gasteiger partial charge in [-0.15, -0.1) is 11.3 Å². The summed E-state index contributed by atoms with van der Waals surface area (Å²) in [7, 11) is -3.42. The molecule has 7 heteroatoms. The Morgan fingerprint density at radius 1 is 1.12 bits per heavy atom. The fourth-order valence-electron chi connectivity index (χ4n) is 3.06. The van der Waals surface area contributed by atoms with Gasteiger partial charge in [-0.05, 0) is 44.0 Å². The Hall–Kier alpha value is -1.70. The smallest absolute Gasteiger partial charge is 0.252 e. The van der Waals surface area contributed by atoms with Gasteiger partial charge in [0.25, 0.3) is 15.9 Å². The standard InChI is InChI=1S/C19H24N2O3S2/c1-15-7-6-8-16(13-15)19(22)20-14-17-9-10-18(25-17)26(23,24)21-11-4-2-3-5-12-21/h6-10,13H,2-5,11-12,14H2,1H3,(H,20,22). The van der Waals surface area contributed by atoms with Crippen LogP contribution >= 0.6 is 11.3 Å². The van der Waals surface area contributed by atoms with Gasteiger partial charge in [0.2, 0.25) is 0 Å². The molecule has 1 amide bonds. The molecule has 0 atom stereocenters. The quantitative estimate of drug-likeness (QED) is 0.846. The molecule has 26 heavy (non-hydrogen) atoms. The number of hydrogen-bond donors (Lipinski definition) is 1. The van der Waals surface area contributed by atoms with E-state index in [1.165, 1.54) is 11.3 Å². The number of rotatable bonds is 5. The van der Waals surface area contributed by atoms with Gasteiger partial charge < -0.3 is 5.32 Å². The van der Waals surface area contributed by atoms with Crippen LogP contribution in [0.5, 0.6) is 0 Å². The van der Waals surface area contributed by atoms with Crippen molar-refractivity contribution in [3.63, 3.8) is 0 Å². The van der Waals surface area contributed by atoms with Crippen molar-refractivity contribution in [1.82, 2.24) is 9.62 Å². The van der Waals surface area contributed by atoms with Crippen molar-refractivity contribution >= 4 is 27.3 Å². The molecule has 1 saturated heterocycles. The maximum Gasteiger partial charge on any atom is 0.252 e. The van der Waals surface area contributed by atoms with Crippen molar-refractivity contribution in [3.8, 4) is 0 Å². The van der Waals surface area contributed by atoms with E-state index in [4.69, 9.17) is 0 Å². The SMILES string of the molecule is Cc1cccc(C(=O)NCc2ccc(S(=O)(=O)N3CCCCCC3)s2)c1. The lowest BCUT2D eigenvalue weighted by atomic mass is 10.1. The Bertz CT molecular complexity index is 866. The van der Waals surface area contributed by atoms with Crippen LogP contribution in [-0.2, 0) is 16.6 Å². The molecule has 1 N–H and O–H groups in total. The third-order valence-electron chi connectivity index (χ3n) is 4.50. The number of carbonyl (C=O) groups excluding carboxylic acids is 1. The second-order valence-electron chi connectivity index (χ2n) is 6.59. The Balaban J connectivity index is 1.65. The zero-order valence-electron chi connectivity index (χ0n) is 14.9. The number of aryl methyl sites for hydroxylation is 1. The number of carbonyl (C=O) groups is 1. The molecule has 0 saturated carbocycles.